The first-order valence-corrected chi connectivity index (χ1v) is 8.88. The fourth-order valence-corrected chi connectivity index (χ4v) is 3.00. The maximum Gasteiger partial charge on any atom is 0.261 e. The molecule has 2 aromatic rings. The van der Waals surface area contributed by atoms with Crippen LogP contribution in [-0.4, -0.2) is 30.6 Å². The van der Waals surface area contributed by atoms with Crippen molar-refractivity contribution in [1.82, 2.24) is 4.90 Å². The summed E-state index contributed by atoms with van der Waals surface area (Å²) in [5.41, 5.74) is 1.03. The van der Waals surface area contributed by atoms with Crippen LogP contribution in [0.4, 0.5) is 4.39 Å². The Kier molecular flexibility index (Phi) is 5.76. The molecule has 1 saturated carbocycles. The summed E-state index contributed by atoms with van der Waals surface area (Å²) >= 11 is 0. The number of hydrogen-bond donors (Lipinski definition) is 0. The molecule has 0 saturated heterocycles. The van der Waals surface area contributed by atoms with Crippen LogP contribution in [0.15, 0.2) is 48.5 Å². The lowest BCUT2D eigenvalue weighted by molar-refractivity contribution is -0.136. The minimum absolute atomic E-state index is 0.101. The second kappa shape index (κ2) is 8.21. The van der Waals surface area contributed by atoms with Crippen molar-refractivity contribution in [3.05, 3.63) is 59.9 Å². The molecule has 1 fully saturated rings. The van der Waals surface area contributed by atoms with Crippen molar-refractivity contribution in [1.29, 1.82) is 0 Å². The van der Waals surface area contributed by atoms with E-state index in [-0.39, 0.29) is 24.3 Å². The minimum Gasteiger partial charge on any atom is -0.497 e. The number of para-hydroxylation sites is 1. The molecule has 0 spiro atoms. The predicted molar refractivity (Wildman–Crippen MR) is 97.6 cm³/mol. The lowest BCUT2D eigenvalue weighted by atomic mass is 10.1. The quantitative estimate of drug-likeness (QED) is 0.716. The van der Waals surface area contributed by atoms with Gasteiger partial charge in [-0.3, -0.25) is 4.79 Å². The molecule has 0 bridgehead atoms. The highest BCUT2D eigenvalue weighted by Gasteiger charge is 2.34. The molecule has 0 radical (unpaired) electrons. The Labute approximate surface area is 153 Å². The van der Waals surface area contributed by atoms with E-state index in [1.807, 2.05) is 29.2 Å². The zero-order chi connectivity index (χ0) is 18.5. The molecular weight excluding hydrogens is 333 g/mol. The lowest BCUT2D eigenvalue weighted by Crippen LogP contribution is -2.42. The van der Waals surface area contributed by atoms with Crippen molar-refractivity contribution >= 4 is 5.91 Å². The zero-order valence-electron chi connectivity index (χ0n) is 15.2. The summed E-state index contributed by atoms with van der Waals surface area (Å²) in [5, 5.41) is 0. The summed E-state index contributed by atoms with van der Waals surface area (Å²) in [6.07, 6.45) is 2.28. The van der Waals surface area contributed by atoms with Crippen LogP contribution in [0.3, 0.4) is 0 Å². The van der Waals surface area contributed by atoms with Crippen LogP contribution in [0, 0.1) is 11.7 Å². The van der Waals surface area contributed by atoms with Gasteiger partial charge in [0.15, 0.2) is 18.2 Å². The molecule has 2 aromatic carbocycles. The van der Waals surface area contributed by atoms with E-state index < -0.39 is 5.82 Å². The van der Waals surface area contributed by atoms with Crippen LogP contribution in [0.1, 0.15) is 25.3 Å². The van der Waals surface area contributed by atoms with Crippen LogP contribution in [-0.2, 0) is 11.3 Å². The first-order valence-electron chi connectivity index (χ1n) is 8.88. The number of methoxy groups -OCH3 is 1. The van der Waals surface area contributed by atoms with Gasteiger partial charge in [0.1, 0.15) is 5.75 Å². The lowest BCUT2D eigenvalue weighted by Gasteiger charge is -2.29. The van der Waals surface area contributed by atoms with E-state index in [1.54, 1.807) is 19.2 Å². The van der Waals surface area contributed by atoms with E-state index >= 15 is 0 Å². The Morgan fingerprint density at radius 1 is 1.19 bits per heavy atom. The van der Waals surface area contributed by atoms with Crippen molar-refractivity contribution < 1.29 is 18.7 Å². The molecule has 1 aliphatic rings. The monoisotopic (exact) mass is 357 g/mol. The van der Waals surface area contributed by atoms with Crippen molar-refractivity contribution in [2.24, 2.45) is 5.92 Å². The number of amides is 1. The first-order chi connectivity index (χ1) is 12.6. The van der Waals surface area contributed by atoms with E-state index in [9.17, 15) is 9.18 Å². The van der Waals surface area contributed by atoms with Gasteiger partial charge in [0.2, 0.25) is 0 Å². The molecule has 0 N–H and O–H groups in total. The molecule has 26 heavy (non-hydrogen) atoms. The van der Waals surface area contributed by atoms with Gasteiger partial charge in [0, 0.05) is 12.6 Å². The van der Waals surface area contributed by atoms with Gasteiger partial charge in [-0.15, -0.1) is 0 Å². The predicted octanol–water partition coefficient (Wildman–Crippen LogP) is 4.04. The molecule has 0 heterocycles. The van der Waals surface area contributed by atoms with Gasteiger partial charge in [-0.1, -0.05) is 24.3 Å². The number of benzene rings is 2. The molecule has 5 heteroatoms. The Morgan fingerprint density at radius 2 is 1.88 bits per heavy atom. The molecule has 1 unspecified atom stereocenters. The summed E-state index contributed by atoms with van der Waals surface area (Å²) in [6.45, 7) is 2.40. The molecule has 1 atom stereocenters. The average Bonchev–Trinajstić information content (AvgIpc) is 3.50. The second-order valence-electron chi connectivity index (χ2n) is 6.67. The number of carbonyl (C=O) groups excluding carboxylic acids is 1. The molecule has 0 aromatic heterocycles. The van der Waals surface area contributed by atoms with Crippen LogP contribution < -0.4 is 9.47 Å². The standard InChI is InChI=1S/C21H24FNO3/c1-15(17-9-10-17)23(13-16-7-11-18(25-2)12-8-16)21(24)14-26-20-6-4-3-5-19(20)22/h3-8,11-12,15,17H,9-10,13-14H2,1-2H3. The van der Waals surface area contributed by atoms with Crippen LogP contribution in [0.2, 0.25) is 0 Å². The number of halogens is 1. The fraction of sp³-hybridized carbons (Fsp3) is 0.381. The summed E-state index contributed by atoms with van der Waals surface area (Å²) in [7, 11) is 1.63. The van der Waals surface area contributed by atoms with Crippen LogP contribution in [0.5, 0.6) is 11.5 Å². The van der Waals surface area contributed by atoms with E-state index in [2.05, 4.69) is 6.92 Å². The molecular formula is C21H24FNO3. The number of nitrogens with zero attached hydrogens (tertiary/aromatic N) is 1. The third-order valence-electron chi connectivity index (χ3n) is 4.82. The van der Waals surface area contributed by atoms with Gasteiger partial charge in [-0.2, -0.15) is 0 Å². The Morgan fingerprint density at radius 3 is 2.50 bits per heavy atom. The van der Waals surface area contributed by atoms with Crippen LogP contribution >= 0.6 is 0 Å². The summed E-state index contributed by atoms with van der Waals surface area (Å²) < 4.78 is 24.3. The van der Waals surface area contributed by atoms with Crippen molar-refractivity contribution in [2.75, 3.05) is 13.7 Å². The molecule has 1 amide bonds. The molecule has 1 aliphatic carbocycles. The highest BCUT2D eigenvalue weighted by Crippen LogP contribution is 2.35. The molecule has 4 nitrogen and oxygen atoms in total. The highest BCUT2D eigenvalue weighted by atomic mass is 19.1. The van der Waals surface area contributed by atoms with Gasteiger partial charge in [0.05, 0.1) is 7.11 Å². The topological polar surface area (TPSA) is 38.8 Å². The fourth-order valence-electron chi connectivity index (χ4n) is 3.00. The van der Waals surface area contributed by atoms with E-state index in [1.165, 1.54) is 12.1 Å². The normalized spacial score (nSPS) is 14.6. The van der Waals surface area contributed by atoms with Gasteiger partial charge < -0.3 is 14.4 Å². The van der Waals surface area contributed by atoms with Crippen molar-refractivity contribution in [3.63, 3.8) is 0 Å². The van der Waals surface area contributed by atoms with Gasteiger partial charge in [-0.05, 0) is 55.5 Å². The number of carbonyl (C=O) groups is 1. The average molecular weight is 357 g/mol. The molecule has 0 aliphatic heterocycles. The molecule has 3 rings (SSSR count). The van der Waals surface area contributed by atoms with Gasteiger partial charge in [0.25, 0.3) is 5.91 Å². The Bertz CT molecular complexity index is 743. The minimum atomic E-state index is -0.461. The highest BCUT2D eigenvalue weighted by molar-refractivity contribution is 5.78. The summed E-state index contributed by atoms with van der Waals surface area (Å²) in [6, 6.07) is 13.9. The van der Waals surface area contributed by atoms with E-state index in [4.69, 9.17) is 9.47 Å². The summed E-state index contributed by atoms with van der Waals surface area (Å²) in [5.74, 6) is 0.820. The molecule has 138 valence electrons. The van der Waals surface area contributed by atoms with E-state index in [0.29, 0.717) is 12.5 Å². The zero-order valence-corrected chi connectivity index (χ0v) is 15.2. The van der Waals surface area contributed by atoms with Crippen LogP contribution in [0.25, 0.3) is 0 Å². The maximum atomic E-state index is 13.7. The SMILES string of the molecule is COc1ccc(CN(C(=O)COc2ccccc2F)C(C)C2CC2)cc1. The first kappa shape index (κ1) is 18.2. The van der Waals surface area contributed by atoms with E-state index in [0.717, 1.165) is 24.2 Å². The third-order valence-corrected chi connectivity index (χ3v) is 4.82. The van der Waals surface area contributed by atoms with Gasteiger partial charge in [-0.25, -0.2) is 4.39 Å². The number of hydrogen-bond acceptors (Lipinski definition) is 3. The van der Waals surface area contributed by atoms with Crippen molar-refractivity contribution in [2.45, 2.75) is 32.4 Å². The van der Waals surface area contributed by atoms with Gasteiger partial charge >= 0.3 is 0 Å². The Hall–Kier alpha value is -2.56. The number of ether oxygens (including phenoxy) is 2. The summed E-state index contributed by atoms with van der Waals surface area (Å²) in [4.78, 5) is 14.6. The smallest absolute Gasteiger partial charge is 0.261 e. The van der Waals surface area contributed by atoms with Crippen molar-refractivity contribution in [3.8, 4) is 11.5 Å². The second-order valence-corrected chi connectivity index (χ2v) is 6.67. The third kappa shape index (κ3) is 4.54. The number of rotatable bonds is 8. The largest absolute Gasteiger partial charge is 0.497 e. The Balaban J connectivity index is 1.68. The maximum absolute atomic E-state index is 13.7.